The highest BCUT2D eigenvalue weighted by atomic mass is 16.7. The quantitative estimate of drug-likeness (QED) is 0.502. The van der Waals surface area contributed by atoms with E-state index >= 15 is 0 Å². The van der Waals surface area contributed by atoms with Crippen molar-refractivity contribution >= 4 is 11.9 Å². The van der Waals surface area contributed by atoms with Gasteiger partial charge in [0.1, 0.15) is 0 Å². The predicted octanol–water partition coefficient (Wildman–Crippen LogP) is 1.67. The summed E-state index contributed by atoms with van der Waals surface area (Å²) >= 11 is 0. The second-order valence-electron chi connectivity index (χ2n) is 3.74. The van der Waals surface area contributed by atoms with E-state index in [1.54, 1.807) is 20.8 Å². The molecule has 0 aromatic carbocycles. The molecule has 0 atom stereocenters. The van der Waals surface area contributed by atoms with Gasteiger partial charge in [0.25, 0.3) is 5.91 Å². The van der Waals surface area contributed by atoms with Gasteiger partial charge in [-0.05, 0) is 20.8 Å². The topological polar surface area (TPSA) is 46.6 Å². The van der Waals surface area contributed by atoms with Crippen LogP contribution in [-0.4, -0.2) is 22.5 Å². The summed E-state index contributed by atoms with van der Waals surface area (Å²) in [6.45, 7) is 11.7. The van der Waals surface area contributed by atoms with Crippen molar-refractivity contribution in [2.75, 3.05) is 0 Å². The summed E-state index contributed by atoms with van der Waals surface area (Å²) in [5.41, 5.74) is 0.0614. The van der Waals surface area contributed by atoms with Crippen LogP contribution in [-0.2, 0) is 14.4 Å². The first-order valence-corrected chi connectivity index (χ1v) is 4.35. The number of carbonyl (C=O) groups is 2. The second kappa shape index (κ2) is 4.26. The first-order chi connectivity index (χ1) is 6.19. The third-order valence-electron chi connectivity index (χ3n) is 2.06. The monoisotopic (exact) mass is 199 g/mol. The highest BCUT2D eigenvalue weighted by Crippen LogP contribution is 2.22. The van der Waals surface area contributed by atoms with Crippen LogP contribution in [0.2, 0.25) is 0 Å². The van der Waals surface area contributed by atoms with Gasteiger partial charge in [-0.1, -0.05) is 12.2 Å². The molecule has 0 aliphatic rings. The summed E-state index contributed by atoms with van der Waals surface area (Å²) in [5, 5.41) is 1.04. The molecule has 0 heterocycles. The number of hydrogen-bond acceptors (Lipinski definition) is 3. The standard InChI is InChI=1S/C10H17NO3/c1-7(2)10(5,6)11(8(3)12)14-9(4)13/h1H2,2-6H3. The highest BCUT2D eigenvalue weighted by molar-refractivity contribution is 5.76. The SMILES string of the molecule is C=C(C)C(C)(C)N(OC(C)=O)C(C)=O. The van der Waals surface area contributed by atoms with E-state index in [0.29, 0.717) is 0 Å². The lowest BCUT2D eigenvalue weighted by atomic mass is 9.96. The normalized spacial score (nSPS) is 10.6. The van der Waals surface area contributed by atoms with Gasteiger partial charge in [0.2, 0.25) is 0 Å². The average Bonchev–Trinajstić information content (AvgIpc) is 1.98. The Morgan fingerprint density at radius 3 is 1.86 bits per heavy atom. The minimum atomic E-state index is -0.683. The zero-order chi connectivity index (χ0) is 11.5. The van der Waals surface area contributed by atoms with Gasteiger partial charge in [0, 0.05) is 13.8 Å². The van der Waals surface area contributed by atoms with Crippen LogP contribution < -0.4 is 0 Å². The van der Waals surface area contributed by atoms with Gasteiger partial charge in [-0.25, -0.2) is 0 Å². The molecule has 4 heteroatoms. The van der Waals surface area contributed by atoms with Crippen LogP contribution in [0, 0.1) is 0 Å². The maximum Gasteiger partial charge on any atom is 0.329 e. The van der Waals surface area contributed by atoms with Crippen molar-refractivity contribution in [2.24, 2.45) is 0 Å². The number of nitrogens with zero attached hydrogens (tertiary/aromatic N) is 1. The van der Waals surface area contributed by atoms with E-state index < -0.39 is 11.5 Å². The average molecular weight is 199 g/mol. The maximum atomic E-state index is 11.2. The van der Waals surface area contributed by atoms with E-state index in [9.17, 15) is 9.59 Å². The van der Waals surface area contributed by atoms with Gasteiger partial charge >= 0.3 is 5.97 Å². The highest BCUT2D eigenvalue weighted by Gasteiger charge is 2.32. The molecule has 0 radical (unpaired) electrons. The van der Waals surface area contributed by atoms with Crippen molar-refractivity contribution in [3.63, 3.8) is 0 Å². The molecule has 0 aliphatic heterocycles. The Morgan fingerprint density at radius 1 is 1.21 bits per heavy atom. The Morgan fingerprint density at radius 2 is 1.64 bits per heavy atom. The molecule has 0 aliphatic carbocycles. The minimum Gasteiger partial charge on any atom is -0.338 e. The largest absolute Gasteiger partial charge is 0.338 e. The van der Waals surface area contributed by atoms with Gasteiger partial charge in [0.15, 0.2) is 0 Å². The molecule has 0 bridgehead atoms. The van der Waals surface area contributed by atoms with E-state index in [0.717, 1.165) is 10.6 Å². The first kappa shape index (κ1) is 12.7. The third kappa shape index (κ3) is 2.87. The predicted molar refractivity (Wildman–Crippen MR) is 53.2 cm³/mol. The van der Waals surface area contributed by atoms with Crippen molar-refractivity contribution in [1.29, 1.82) is 0 Å². The molecule has 0 aromatic heterocycles. The molecular weight excluding hydrogens is 182 g/mol. The number of amides is 1. The molecule has 4 nitrogen and oxygen atoms in total. The molecule has 80 valence electrons. The minimum absolute atomic E-state index is 0.326. The molecule has 0 N–H and O–H groups in total. The zero-order valence-electron chi connectivity index (χ0n) is 9.38. The Kier molecular flexibility index (Phi) is 3.86. The van der Waals surface area contributed by atoms with Crippen molar-refractivity contribution < 1.29 is 14.4 Å². The summed E-state index contributed by atoms with van der Waals surface area (Å²) in [5.74, 6) is -0.845. The maximum absolute atomic E-state index is 11.2. The fraction of sp³-hybridized carbons (Fsp3) is 0.600. The fourth-order valence-electron chi connectivity index (χ4n) is 0.874. The molecule has 14 heavy (non-hydrogen) atoms. The Balaban J connectivity index is 4.91. The Bertz CT molecular complexity index is 269. The lowest BCUT2D eigenvalue weighted by molar-refractivity contribution is -0.211. The summed E-state index contributed by atoms with van der Waals surface area (Å²) in [7, 11) is 0. The number of hydroxylamine groups is 2. The molecule has 0 saturated carbocycles. The number of hydrogen-bond donors (Lipinski definition) is 0. The van der Waals surface area contributed by atoms with E-state index in [-0.39, 0.29) is 5.91 Å². The third-order valence-corrected chi connectivity index (χ3v) is 2.06. The van der Waals surface area contributed by atoms with Crippen LogP contribution in [0.4, 0.5) is 0 Å². The Labute approximate surface area is 84.5 Å². The van der Waals surface area contributed by atoms with Gasteiger partial charge in [-0.3, -0.25) is 9.59 Å². The van der Waals surface area contributed by atoms with Crippen LogP contribution in [0.25, 0.3) is 0 Å². The van der Waals surface area contributed by atoms with Gasteiger partial charge in [-0.15, -0.1) is 0 Å². The van der Waals surface area contributed by atoms with Crippen LogP contribution in [0.1, 0.15) is 34.6 Å². The molecule has 1 amide bonds. The molecule has 0 fully saturated rings. The van der Waals surface area contributed by atoms with Crippen LogP contribution in [0.5, 0.6) is 0 Å². The van der Waals surface area contributed by atoms with E-state index in [4.69, 9.17) is 4.84 Å². The Hall–Kier alpha value is -1.32. The summed E-state index contributed by atoms with van der Waals surface area (Å²) in [4.78, 5) is 26.8. The van der Waals surface area contributed by atoms with Crippen molar-refractivity contribution in [3.8, 4) is 0 Å². The summed E-state index contributed by atoms with van der Waals surface area (Å²) in [6, 6.07) is 0. The van der Waals surface area contributed by atoms with Gasteiger partial charge < -0.3 is 4.84 Å². The molecule has 0 unspecified atom stereocenters. The molecule has 0 saturated heterocycles. The van der Waals surface area contributed by atoms with Crippen molar-refractivity contribution in [1.82, 2.24) is 5.06 Å². The zero-order valence-corrected chi connectivity index (χ0v) is 9.38. The molecular formula is C10H17NO3. The van der Waals surface area contributed by atoms with Crippen molar-refractivity contribution in [2.45, 2.75) is 40.2 Å². The van der Waals surface area contributed by atoms with E-state index in [2.05, 4.69) is 6.58 Å². The molecule has 0 aromatic rings. The summed E-state index contributed by atoms with van der Waals surface area (Å²) < 4.78 is 0. The number of carbonyl (C=O) groups excluding carboxylic acids is 2. The molecule has 0 rings (SSSR count). The van der Waals surface area contributed by atoms with Gasteiger partial charge in [-0.2, -0.15) is 5.06 Å². The van der Waals surface area contributed by atoms with Crippen LogP contribution >= 0.6 is 0 Å². The first-order valence-electron chi connectivity index (χ1n) is 4.35. The summed E-state index contributed by atoms with van der Waals surface area (Å²) in [6.07, 6.45) is 0. The number of rotatable bonds is 2. The van der Waals surface area contributed by atoms with E-state index in [1.807, 2.05) is 0 Å². The lowest BCUT2D eigenvalue weighted by Crippen LogP contribution is -2.48. The smallest absolute Gasteiger partial charge is 0.329 e. The second-order valence-corrected chi connectivity index (χ2v) is 3.74. The van der Waals surface area contributed by atoms with E-state index in [1.165, 1.54) is 13.8 Å². The lowest BCUT2D eigenvalue weighted by Gasteiger charge is -2.35. The fourth-order valence-corrected chi connectivity index (χ4v) is 0.874. The van der Waals surface area contributed by atoms with Gasteiger partial charge in [0.05, 0.1) is 5.54 Å². The molecule has 0 spiro atoms. The van der Waals surface area contributed by atoms with Crippen molar-refractivity contribution in [3.05, 3.63) is 12.2 Å². The van der Waals surface area contributed by atoms with Crippen LogP contribution in [0.15, 0.2) is 12.2 Å². The van der Waals surface area contributed by atoms with Crippen LogP contribution in [0.3, 0.4) is 0 Å².